The number of nitrogens with zero attached hydrogens (tertiary/aromatic N) is 2. The van der Waals surface area contributed by atoms with Crippen LogP contribution in [0.1, 0.15) is 12.8 Å². The van der Waals surface area contributed by atoms with Crippen LogP contribution in [0.15, 0.2) is 0 Å². The van der Waals surface area contributed by atoms with Crippen LogP contribution in [0.5, 0.6) is 0 Å². The van der Waals surface area contributed by atoms with E-state index in [1.54, 1.807) is 0 Å². The molecular weight excluding hydrogens is 239 g/mol. The van der Waals surface area contributed by atoms with E-state index < -0.39 is 0 Å². The van der Waals surface area contributed by atoms with Crippen LogP contribution in [0.3, 0.4) is 0 Å². The highest BCUT2D eigenvalue weighted by Gasteiger charge is 2.46. The molecule has 0 amide bonds. The molecule has 0 aromatic rings. The normalized spacial score (nSPS) is 42.6. The van der Waals surface area contributed by atoms with Gasteiger partial charge >= 0.3 is 0 Å². The van der Waals surface area contributed by atoms with Crippen molar-refractivity contribution < 1.29 is 0 Å². The zero-order valence-electron chi connectivity index (χ0n) is 6.31. The van der Waals surface area contributed by atoms with Crippen molar-refractivity contribution in [3.8, 4) is 0 Å². The summed E-state index contributed by atoms with van der Waals surface area (Å²) in [6.07, 6.45) is 2.80. The first-order chi connectivity index (χ1) is 4.73. The number of hydrogen-bond acceptors (Lipinski definition) is 2. The fraction of sp³-hybridized carbons (Fsp3) is 1.00. The van der Waals surface area contributed by atoms with Crippen molar-refractivity contribution in [2.45, 2.75) is 18.4 Å². The first kappa shape index (κ1) is 7.31. The van der Waals surface area contributed by atoms with Gasteiger partial charge in [0.05, 0.1) is 0 Å². The summed E-state index contributed by atoms with van der Waals surface area (Å²) < 4.78 is 2.41. The molecule has 2 rings (SSSR count). The van der Waals surface area contributed by atoms with Crippen LogP contribution in [0.25, 0.3) is 0 Å². The molecule has 0 aromatic heterocycles. The molecule has 1 unspecified atom stereocenters. The summed E-state index contributed by atoms with van der Waals surface area (Å²) in [5.41, 5.74) is 0.598. The van der Waals surface area contributed by atoms with Crippen LogP contribution in [-0.2, 0) is 0 Å². The summed E-state index contributed by atoms with van der Waals surface area (Å²) in [5.74, 6) is 0. The molecule has 0 saturated carbocycles. The van der Waals surface area contributed by atoms with E-state index in [0.717, 1.165) is 0 Å². The van der Waals surface area contributed by atoms with Gasteiger partial charge in [0, 0.05) is 48.0 Å². The fourth-order valence-corrected chi connectivity index (χ4v) is 2.85. The van der Waals surface area contributed by atoms with Gasteiger partial charge in [-0.2, -0.15) is 0 Å². The van der Waals surface area contributed by atoms with Gasteiger partial charge in [-0.1, -0.05) is 0 Å². The third-order valence-electron chi connectivity index (χ3n) is 3.01. The predicted molar refractivity (Wildman–Crippen MR) is 50.2 cm³/mol. The lowest BCUT2D eigenvalue weighted by Gasteiger charge is -2.48. The summed E-state index contributed by atoms with van der Waals surface area (Å²) in [6, 6.07) is 0. The summed E-state index contributed by atoms with van der Waals surface area (Å²) in [7, 11) is 2.25. The maximum absolute atomic E-state index is 2.51. The Bertz CT molecular complexity index is 151. The number of hydrogen-bond donors (Lipinski definition) is 0. The largest absolute Gasteiger partial charge is 0.299 e. The monoisotopic (exact) mass is 252 g/mol. The molecule has 2 heterocycles. The molecule has 2 nitrogen and oxygen atoms in total. The zero-order valence-corrected chi connectivity index (χ0v) is 8.47. The summed E-state index contributed by atoms with van der Waals surface area (Å²) in [5, 5.41) is 0. The van der Waals surface area contributed by atoms with Gasteiger partial charge in [-0.25, -0.2) is 3.11 Å². The lowest BCUT2D eigenvalue weighted by Crippen LogP contribution is -2.58. The number of likely N-dealkylation sites (N-methyl/N-ethyl adjacent to an activating group) is 1. The molecular formula is C7H13IN2. The smallest absolute Gasteiger partial charge is 0.0366 e. The van der Waals surface area contributed by atoms with E-state index in [4.69, 9.17) is 0 Å². The Kier molecular flexibility index (Phi) is 1.69. The Morgan fingerprint density at radius 3 is 2.20 bits per heavy atom. The molecule has 0 aromatic carbocycles. The van der Waals surface area contributed by atoms with Gasteiger partial charge in [-0.15, -0.1) is 0 Å². The molecule has 1 spiro atoms. The van der Waals surface area contributed by atoms with Crippen molar-refractivity contribution >= 4 is 22.9 Å². The Labute approximate surface area is 76.1 Å². The van der Waals surface area contributed by atoms with Crippen molar-refractivity contribution in [3.63, 3.8) is 0 Å². The standard InChI is InChI=1S/C7H13IN2/c1-9-4-2-7(9)3-5-10(8)6-7/h2-6H2,1H3. The van der Waals surface area contributed by atoms with Gasteiger partial charge in [0.1, 0.15) is 0 Å². The minimum absolute atomic E-state index is 0.598. The van der Waals surface area contributed by atoms with E-state index >= 15 is 0 Å². The first-order valence-corrected chi connectivity index (χ1v) is 4.81. The summed E-state index contributed by atoms with van der Waals surface area (Å²) in [6.45, 7) is 3.87. The van der Waals surface area contributed by atoms with E-state index in [1.165, 1.54) is 32.5 Å². The van der Waals surface area contributed by atoms with E-state index in [1.807, 2.05) is 0 Å². The van der Waals surface area contributed by atoms with E-state index in [-0.39, 0.29) is 0 Å². The second-order valence-corrected chi connectivity index (χ2v) is 4.85. The Hall–Kier alpha value is 0.650. The molecule has 1 atom stereocenters. The minimum Gasteiger partial charge on any atom is -0.299 e. The highest BCUT2D eigenvalue weighted by atomic mass is 127. The molecule has 58 valence electrons. The molecule has 2 aliphatic rings. The van der Waals surface area contributed by atoms with Crippen LogP contribution >= 0.6 is 22.9 Å². The van der Waals surface area contributed by atoms with E-state index in [9.17, 15) is 0 Å². The molecule has 10 heavy (non-hydrogen) atoms. The van der Waals surface area contributed by atoms with Gasteiger partial charge in [0.25, 0.3) is 0 Å². The maximum Gasteiger partial charge on any atom is 0.0366 e. The molecule has 0 aliphatic carbocycles. The molecule has 2 fully saturated rings. The Balaban J connectivity index is 2.04. The Morgan fingerprint density at radius 2 is 2.00 bits per heavy atom. The number of halogens is 1. The van der Waals surface area contributed by atoms with Gasteiger partial charge in [-0.3, -0.25) is 4.90 Å². The topological polar surface area (TPSA) is 6.48 Å². The molecule has 2 aliphatic heterocycles. The highest BCUT2D eigenvalue weighted by molar-refractivity contribution is 14.1. The first-order valence-electron chi connectivity index (χ1n) is 3.85. The summed E-state index contributed by atoms with van der Waals surface area (Å²) >= 11 is 2.43. The quantitative estimate of drug-likeness (QED) is 0.471. The average Bonchev–Trinajstić information content (AvgIpc) is 2.31. The second kappa shape index (κ2) is 2.32. The Morgan fingerprint density at radius 1 is 1.30 bits per heavy atom. The number of likely N-dealkylation sites (tertiary alicyclic amines) is 1. The van der Waals surface area contributed by atoms with Crippen LogP contribution in [0.4, 0.5) is 0 Å². The van der Waals surface area contributed by atoms with Crippen molar-refractivity contribution in [3.05, 3.63) is 0 Å². The van der Waals surface area contributed by atoms with Crippen LogP contribution in [0.2, 0.25) is 0 Å². The van der Waals surface area contributed by atoms with Crippen molar-refractivity contribution in [2.75, 3.05) is 26.7 Å². The minimum atomic E-state index is 0.598. The zero-order chi connectivity index (χ0) is 7.19. The molecule has 2 saturated heterocycles. The fourth-order valence-electron chi connectivity index (χ4n) is 1.97. The molecule has 0 bridgehead atoms. The SMILES string of the molecule is CN1CCC12CCN(I)C2. The summed E-state index contributed by atoms with van der Waals surface area (Å²) in [4.78, 5) is 2.51. The lowest BCUT2D eigenvalue weighted by atomic mass is 9.85. The second-order valence-electron chi connectivity index (χ2n) is 3.49. The average molecular weight is 252 g/mol. The number of rotatable bonds is 0. The van der Waals surface area contributed by atoms with E-state index in [2.05, 4.69) is 37.9 Å². The third kappa shape index (κ3) is 0.905. The molecule has 0 N–H and O–H groups in total. The van der Waals surface area contributed by atoms with Crippen LogP contribution in [-0.4, -0.2) is 40.2 Å². The van der Waals surface area contributed by atoms with Gasteiger partial charge in [0.15, 0.2) is 0 Å². The van der Waals surface area contributed by atoms with Gasteiger partial charge < -0.3 is 0 Å². The maximum atomic E-state index is 2.51. The molecule has 0 radical (unpaired) electrons. The van der Waals surface area contributed by atoms with Gasteiger partial charge in [-0.05, 0) is 19.9 Å². The third-order valence-corrected chi connectivity index (χ3v) is 3.83. The van der Waals surface area contributed by atoms with Crippen LogP contribution in [0, 0.1) is 0 Å². The highest BCUT2D eigenvalue weighted by Crippen LogP contribution is 2.38. The van der Waals surface area contributed by atoms with Gasteiger partial charge in [0.2, 0.25) is 0 Å². The predicted octanol–water partition coefficient (Wildman–Crippen LogP) is 1.12. The van der Waals surface area contributed by atoms with Crippen molar-refractivity contribution in [2.24, 2.45) is 0 Å². The lowest BCUT2D eigenvalue weighted by molar-refractivity contribution is 0.0261. The van der Waals surface area contributed by atoms with Crippen LogP contribution < -0.4 is 0 Å². The van der Waals surface area contributed by atoms with Crippen molar-refractivity contribution in [1.82, 2.24) is 8.01 Å². The van der Waals surface area contributed by atoms with Crippen molar-refractivity contribution in [1.29, 1.82) is 0 Å². The van der Waals surface area contributed by atoms with E-state index in [0.29, 0.717) is 5.54 Å². The molecule has 3 heteroatoms.